The molecule has 3 aromatic rings. The fraction of sp³-hybridized carbons (Fsp3) is 0.250. The van der Waals surface area contributed by atoms with Gasteiger partial charge in [0.1, 0.15) is 11.0 Å². The number of carbonyl (C=O) groups is 1. The highest BCUT2D eigenvalue weighted by atomic mass is 32.2. The summed E-state index contributed by atoms with van der Waals surface area (Å²) in [6, 6.07) is 17.2. The lowest BCUT2D eigenvalue weighted by Gasteiger charge is -2.15. The van der Waals surface area contributed by atoms with Crippen molar-refractivity contribution < 1.29 is 14.3 Å². The van der Waals surface area contributed by atoms with Crippen molar-refractivity contribution in [3.05, 3.63) is 60.2 Å². The summed E-state index contributed by atoms with van der Waals surface area (Å²) in [6.45, 7) is 2.13. The highest BCUT2D eigenvalue weighted by Gasteiger charge is 2.26. The summed E-state index contributed by atoms with van der Waals surface area (Å²) in [6.07, 6.45) is 0. The molecule has 0 saturated heterocycles. The van der Waals surface area contributed by atoms with Gasteiger partial charge < -0.3 is 14.0 Å². The zero-order valence-electron chi connectivity index (χ0n) is 15.5. The summed E-state index contributed by atoms with van der Waals surface area (Å²) in [7, 11) is 3.51. The van der Waals surface area contributed by atoms with Gasteiger partial charge in [-0.2, -0.15) is 0 Å². The Morgan fingerprint density at radius 3 is 2.44 bits per heavy atom. The van der Waals surface area contributed by atoms with E-state index in [2.05, 4.69) is 10.2 Å². The van der Waals surface area contributed by atoms with Crippen molar-refractivity contribution in [1.29, 1.82) is 0 Å². The number of aromatic nitrogens is 3. The minimum Gasteiger partial charge on any atom is -0.497 e. The molecule has 1 heterocycles. The summed E-state index contributed by atoms with van der Waals surface area (Å²) in [4.78, 5) is 12.5. The van der Waals surface area contributed by atoms with Gasteiger partial charge in [0.05, 0.1) is 13.7 Å². The second kappa shape index (κ2) is 8.73. The molecule has 27 heavy (non-hydrogen) atoms. The Morgan fingerprint density at radius 1 is 1.11 bits per heavy atom. The smallest absolute Gasteiger partial charge is 0.324 e. The van der Waals surface area contributed by atoms with Crippen LogP contribution in [0.3, 0.4) is 0 Å². The number of hydrogen-bond donors (Lipinski definition) is 0. The van der Waals surface area contributed by atoms with Gasteiger partial charge in [-0.15, -0.1) is 10.2 Å². The van der Waals surface area contributed by atoms with Crippen LogP contribution in [-0.4, -0.2) is 34.5 Å². The van der Waals surface area contributed by atoms with Crippen LogP contribution in [0, 0.1) is 0 Å². The number of rotatable bonds is 7. The first-order chi connectivity index (χ1) is 13.1. The van der Waals surface area contributed by atoms with E-state index in [0.717, 1.165) is 22.7 Å². The maximum atomic E-state index is 12.5. The molecule has 1 aromatic heterocycles. The summed E-state index contributed by atoms with van der Waals surface area (Å²) in [5.41, 5.74) is 1.79. The minimum atomic E-state index is -0.502. The highest BCUT2D eigenvalue weighted by molar-refractivity contribution is 8.00. The molecule has 0 saturated carbocycles. The first kappa shape index (κ1) is 19.0. The predicted molar refractivity (Wildman–Crippen MR) is 105 cm³/mol. The Labute approximate surface area is 162 Å². The quantitative estimate of drug-likeness (QED) is 0.456. The lowest BCUT2D eigenvalue weighted by atomic mass is 10.1. The summed E-state index contributed by atoms with van der Waals surface area (Å²) >= 11 is 1.33. The third-order valence-electron chi connectivity index (χ3n) is 4.01. The highest BCUT2D eigenvalue weighted by Crippen LogP contribution is 2.36. The molecule has 140 valence electrons. The third-order valence-corrected chi connectivity index (χ3v) is 5.28. The van der Waals surface area contributed by atoms with Crippen LogP contribution in [0.2, 0.25) is 0 Å². The molecule has 0 amide bonds. The van der Waals surface area contributed by atoms with Gasteiger partial charge in [0, 0.05) is 12.6 Å². The topological polar surface area (TPSA) is 66.2 Å². The van der Waals surface area contributed by atoms with Crippen molar-refractivity contribution in [2.45, 2.75) is 17.3 Å². The Hall–Kier alpha value is -2.80. The number of nitrogens with zero attached hydrogens (tertiary/aromatic N) is 3. The fourth-order valence-electron chi connectivity index (χ4n) is 2.61. The number of hydrogen-bond acceptors (Lipinski definition) is 6. The zero-order chi connectivity index (χ0) is 19.2. The average molecular weight is 383 g/mol. The van der Waals surface area contributed by atoms with Crippen molar-refractivity contribution in [2.24, 2.45) is 7.05 Å². The monoisotopic (exact) mass is 383 g/mol. The van der Waals surface area contributed by atoms with Gasteiger partial charge in [0.2, 0.25) is 0 Å². The fourth-order valence-corrected chi connectivity index (χ4v) is 3.61. The molecule has 0 aliphatic heterocycles. The Kier molecular flexibility index (Phi) is 6.13. The molecule has 0 unspecified atom stereocenters. The molecule has 0 radical (unpaired) electrons. The maximum Gasteiger partial charge on any atom is 0.324 e. The van der Waals surface area contributed by atoms with Crippen LogP contribution in [0.5, 0.6) is 5.75 Å². The molecule has 0 aliphatic carbocycles. The van der Waals surface area contributed by atoms with Crippen molar-refractivity contribution in [1.82, 2.24) is 14.8 Å². The van der Waals surface area contributed by atoms with Crippen LogP contribution in [-0.2, 0) is 16.6 Å². The lowest BCUT2D eigenvalue weighted by molar-refractivity contribution is -0.142. The van der Waals surface area contributed by atoms with Crippen LogP contribution in [0.15, 0.2) is 59.8 Å². The van der Waals surface area contributed by atoms with Crippen LogP contribution < -0.4 is 4.74 Å². The normalized spacial score (nSPS) is 11.8. The SMILES string of the molecule is CCOC(=O)[C@H](Sc1nnc(-c2ccc(OC)cc2)n1C)c1ccccc1. The largest absolute Gasteiger partial charge is 0.497 e. The van der Waals surface area contributed by atoms with Crippen LogP contribution >= 0.6 is 11.8 Å². The zero-order valence-corrected chi connectivity index (χ0v) is 16.3. The van der Waals surface area contributed by atoms with E-state index in [1.54, 1.807) is 14.0 Å². The summed E-state index contributed by atoms with van der Waals surface area (Å²) in [5.74, 6) is 1.21. The first-order valence-electron chi connectivity index (χ1n) is 8.56. The number of ether oxygens (including phenoxy) is 2. The Bertz CT molecular complexity index is 895. The van der Waals surface area contributed by atoms with E-state index in [1.807, 2.05) is 66.2 Å². The minimum absolute atomic E-state index is 0.289. The van der Waals surface area contributed by atoms with Gasteiger partial charge >= 0.3 is 5.97 Å². The van der Waals surface area contributed by atoms with E-state index >= 15 is 0 Å². The van der Waals surface area contributed by atoms with Crippen LogP contribution in [0.25, 0.3) is 11.4 Å². The van der Waals surface area contributed by atoms with E-state index in [-0.39, 0.29) is 5.97 Å². The van der Waals surface area contributed by atoms with E-state index in [0.29, 0.717) is 11.8 Å². The molecule has 6 nitrogen and oxygen atoms in total. The molecule has 0 N–H and O–H groups in total. The third kappa shape index (κ3) is 4.31. The van der Waals surface area contributed by atoms with Gasteiger partial charge in [-0.25, -0.2) is 0 Å². The second-order valence-electron chi connectivity index (χ2n) is 5.75. The molecule has 0 fully saturated rings. The molecule has 0 spiro atoms. The van der Waals surface area contributed by atoms with Crippen molar-refractivity contribution in [3.63, 3.8) is 0 Å². The molecule has 3 rings (SSSR count). The number of thioether (sulfide) groups is 1. The number of methoxy groups -OCH3 is 1. The number of esters is 1. The molecule has 7 heteroatoms. The van der Waals surface area contributed by atoms with Gasteiger partial charge in [-0.1, -0.05) is 42.1 Å². The summed E-state index contributed by atoms with van der Waals surface area (Å²) in [5, 5.41) is 8.71. The molecule has 1 atom stereocenters. The standard InChI is InChI=1S/C20H21N3O3S/c1-4-26-19(24)17(14-8-6-5-7-9-14)27-20-22-21-18(23(20)2)15-10-12-16(25-3)13-11-15/h5-13,17H,4H2,1-3H3/t17-/m1/s1. The van der Waals surface area contributed by atoms with E-state index in [9.17, 15) is 4.79 Å². The van der Waals surface area contributed by atoms with Gasteiger partial charge in [0.15, 0.2) is 11.0 Å². The number of carbonyl (C=O) groups excluding carboxylic acids is 1. The van der Waals surface area contributed by atoms with Gasteiger partial charge in [-0.3, -0.25) is 4.79 Å². The molecular weight excluding hydrogens is 362 g/mol. The van der Waals surface area contributed by atoms with Gasteiger partial charge in [0.25, 0.3) is 0 Å². The Morgan fingerprint density at radius 2 is 1.81 bits per heavy atom. The predicted octanol–water partition coefficient (Wildman–Crippen LogP) is 3.89. The Balaban J connectivity index is 1.88. The van der Waals surface area contributed by atoms with Crippen molar-refractivity contribution >= 4 is 17.7 Å². The molecule has 0 aliphatic rings. The van der Waals surface area contributed by atoms with E-state index < -0.39 is 5.25 Å². The molecule has 2 aromatic carbocycles. The van der Waals surface area contributed by atoms with Crippen LogP contribution in [0.1, 0.15) is 17.7 Å². The number of benzene rings is 2. The summed E-state index contributed by atoms with van der Waals surface area (Å²) < 4.78 is 12.3. The van der Waals surface area contributed by atoms with Crippen molar-refractivity contribution in [2.75, 3.05) is 13.7 Å². The molecule has 0 bridgehead atoms. The van der Waals surface area contributed by atoms with Crippen LogP contribution in [0.4, 0.5) is 0 Å². The maximum absolute atomic E-state index is 12.5. The first-order valence-corrected chi connectivity index (χ1v) is 9.44. The van der Waals surface area contributed by atoms with Gasteiger partial charge in [-0.05, 0) is 36.8 Å². The second-order valence-corrected chi connectivity index (χ2v) is 6.83. The van der Waals surface area contributed by atoms with Crippen molar-refractivity contribution in [3.8, 4) is 17.1 Å². The average Bonchev–Trinajstić information content (AvgIpc) is 3.07. The molecular formula is C20H21N3O3S. The van der Waals surface area contributed by atoms with E-state index in [1.165, 1.54) is 11.8 Å². The van der Waals surface area contributed by atoms with E-state index in [4.69, 9.17) is 9.47 Å². The lowest BCUT2D eigenvalue weighted by Crippen LogP contribution is -2.14.